The molecule has 22 heavy (non-hydrogen) atoms. The highest BCUT2D eigenvalue weighted by molar-refractivity contribution is 9.10. The molecule has 0 saturated heterocycles. The normalized spacial score (nSPS) is 12.3. The van der Waals surface area contributed by atoms with Gasteiger partial charge in [0.15, 0.2) is 0 Å². The number of aryl methyl sites for hydroxylation is 1. The van der Waals surface area contributed by atoms with Crippen LogP contribution < -0.4 is 10.6 Å². The number of amides is 2. The Morgan fingerprint density at radius 3 is 2.64 bits per heavy atom. The summed E-state index contributed by atoms with van der Waals surface area (Å²) in [5, 5.41) is 14.9. The predicted molar refractivity (Wildman–Crippen MR) is 92.1 cm³/mol. The fourth-order valence-electron chi connectivity index (χ4n) is 2.04. The standard InChI is InChI=1S/C15H25BrN4O2/c1-4-20(5-2)9-8-12(10-21)18-15(22)19-14-7-6-13(16)11(3)17-14/h6-7,12,21H,4-5,8-10H2,1-3H3,(H2,17,18,19,22)/t12-/m0/s1. The third kappa shape index (κ3) is 6.29. The molecule has 1 heterocycles. The molecular formula is C15H25BrN4O2. The first-order valence-electron chi connectivity index (χ1n) is 7.54. The summed E-state index contributed by atoms with van der Waals surface area (Å²) in [6.07, 6.45) is 0.707. The van der Waals surface area contributed by atoms with Crippen molar-refractivity contribution in [2.75, 3.05) is 31.6 Å². The van der Waals surface area contributed by atoms with Crippen LogP contribution >= 0.6 is 15.9 Å². The van der Waals surface area contributed by atoms with Crippen molar-refractivity contribution in [1.29, 1.82) is 0 Å². The molecule has 1 aromatic rings. The second-order valence-electron chi connectivity index (χ2n) is 5.06. The van der Waals surface area contributed by atoms with Crippen molar-refractivity contribution in [3.8, 4) is 0 Å². The van der Waals surface area contributed by atoms with Crippen molar-refractivity contribution >= 4 is 27.8 Å². The maximum atomic E-state index is 12.0. The number of hydrogen-bond acceptors (Lipinski definition) is 4. The van der Waals surface area contributed by atoms with E-state index in [1.807, 2.05) is 13.0 Å². The third-order valence-electron chi connectivity index (χ3n) is 3.51. The molecule has 2 amide bonds. The summed E-state index contributed by atoms with van der Waals surface area (Å²) in [6.45, 7) is 8.73. The van der Waals surface area contributed by atoms with E-state index in [9.17, 15) is 9.90 Å². The first-order valence-corrected chi connectivity index (χ1v) is 8.33. The molecule has 0 fully saturated rings. The number of aromatic nitrogens is 1. The lowest BCUT2D eigenvalue weighted by Crippen LogP contribution is -2.42. The molecule has 0 aliphatic carbocycles. The fourth-order valence-corrected chi connectivity index (χ4v) is 2.26. The number of urea groups is 1. The summed E-state index contributed by atoms with van der Waals surface area (Å²) in [6, 6.07) is 2.94. The van der Waals surface area contributed by atoms with Crippen molar-refractivity contribution < 1.29 is 9.90 Å². The van der Waals surface area contributed by atoms with Crippen LogP contribution in [0.5, 0.6) is 0 Å². The molecule has 0 aliphatic heterocycles. The molecule has 6 nitrogen and oxygen atoms in total. The summed E-state index contributed by atoms with van der Waals surface area (Å²) in [4.78, 5) is 18.5. The van der Waals surface area contributed by atoms with Gasteiger partial charge in [0.1, 0.15) is 5.82 Å². The number of aliphatic hydroxyl groups is 1. The second kappa shape index (κ2) is 9.76. The highest BCUT2D eigenvalue weighted by atomic mass is 79.9. The van der Waals surface area contributed by atoms with Crippen LogP contribution in [0.4, 0.5) is 10.6 Å². The summed E-state index contributed by atoms with van der Waals surface area (Å²) < 4.78 is 0.894. The molecular weight excluding hydrogens is 348 g/mol. The van der Waals surface area contributed by atoms with E-state index >= 15 is 0 Å². The van der Waals surface area contributed by atoms with E-state index in [4.69, 9.17) is 0 Å². The Morgan fingerprint density at radius 1 is 1.41 bits per heavy atom. The van der Waals surface area contributed by atoms with Gasteiger partial charge in [0.2, 0.25) is 0 Å². The van der Waals surface area contributed by atoms with Gasteiger partial charge in [-0.25, -0.2) is 9.78 Å². The van der Waals surface area contributed by atoms with E-state index in [2.05, 4.69) is 50.3 Å². The first kappa shape index (κ1) is 18.9. The largest absolute Gasteiger partial charge is 0.394 e. The Labute approximate surface area is 140 Å². The van der Waals surface area contributed by atoms with Crippen LogP contribution in [-0.4, -0.2) is 53.3 Å². The van der Waals surface area contributed by atoms with Crippen LogP contribution in [-0.2, 0) is 0 Å². The highest BCUT2D eigenvalue weighted by Gasteiger charge is 2.13. The Hall–Kier alpha value is -1.18. The van der Waals surface area contributed by atoms with Crippen LogP contribution in [0, 0.1) is 6.92 Å². The van der Waals surface area contributed by atoms with Crippen LogP contribution in [0.2, 0.25) is 0 Å². The molecule has 7 heteroatoms. The number of halogens is 1. The van der Waals surface area contributed by atoms with Gasteiger partial charge < -0.3 is 15.3 Å². The van der Waals surface area contributed by atoms with E-state index in [0.29, 0.717) is 12.2 Å². The first-order chi connectivity index (χ1) is 10.5. The molecule has 0 spiro atoms. The maximum Gasteiger partial charge on any atom is 0.320 e. The van der Waals surface area contributed by atoms with Crippen LogP contribution in [0.1, 0.15) is 26.0 Å². The minimum absolute atomic E-state index is 0.0819. The molecule has 0 saturated carbocycles. The molecule has 1 atom stereocenters. The molecule has 0 unspecified atom stereocenters. The van der Waals surface area contributed by atoms with Crippen LogP contribution in [0.3, 0.4) is 0 Å². The zero-order valence-electron chi connectivity index (χ0n) is 13.4. The average Bonchev–Trinajstić information content (AvgIpc) is 2.50. The van der Waals surface area contributed by atoms with Crippen molar-refractivity contribution in [3.05, 3.63) is 22.3 Å². The van der Waals surface area contributed by atoms with Crippen molar-refractivity contribution in [3.63, 3.8) is 0 Å². The van der Waals surface area contributed by atoms with E-state index in [1.54, 1.807) is 6.07 Å². The summed E-state index contributed by atoms with van der Waals surface area (Å²) in [7, 11) is 0. The summed E-state index contributed by atoms with van der Waals surface area (Å²) in [5.41, 5.74) is 0.804. The van der Waals surface area contributed by atoms with Gasteiger partial charge in [-0.3, -0.25) is 5.32 Å². The monoisotopic (exact) mass is 372 g/mol. The van der Waals surface area contributed by atoms with E-state index in [1.165, 1.54) is 0 Å². The van der Waals surface area contributed by atoms with Crippen LogP contribution in [0.25, 0.3) is 0 Å². The minimum atomic E-state index is -0.354. The number of pyridine rings is 1. The lowest BCUT2D eigenvalue weighted by Gasteiger charge is -2.22. The Bertz CT molecular complexity index is 481. The lowest BCUT2D eigenvalue weighted by molar-refractivity contribution is 0.206. The van der Waals surface area contributed by atoms with Crippen molar-refractivity contribution in [2.24, 2.45) is 0 Å². The van der Waals surface area contributed by atoms with Gasteiger partial charge in [-0.1, -0.05) is 13.8 Å². The summed E-state index contributed by atoms with van der Waals surface area (Å²) >= 11 is 3.37. The third-order valence-corrected chi connectivity index (χ3v) is 4.34. The quantitative estimate of drug-likeness (QED) is 0.654. The number of carbonyl (C=O) groups is 1. The number of anilines is 1. The number of nitrogens with one attached hydrogen (secondary N) is 2. The Kier molecular flexibility index (Phi) is 8.37. The number of hydrogen-bond donors (Lipinski definition) is 3. The maximum absolute atomic E-state index is 12.0. The van der Waals surface area contributed by atoms with Gasteiger partial charge >= 0.3 is 6.03 Å². The fraction of sp³-hybridized carbons (Fsp3) is 0.600. The van der Waals surface area contributed by atoms with E-state index in [-0.39, 0.29) is 18.7 Å². The SMILES string of the molecule is CCN(CC)CC[C@@H](CO)NC(=O)Nc1ccc(Br)c(C)n1. The van der Waals surface area contributed by atoms with Crippen molar-refractivity contribution in [2.45, 2.75) is 33.2 Å². The van der Waals surface area contributed by atoms with Gasteiger partial charge in [0.25, 0.3) is 0 Å². The van der Waals surface area contributed by atoms with Gasteiger partial charge in [-0.2, -0.15) is 0 Å². The minimum Gasteiger partial charge on any atom is -0.394 e. The zero-order chi connectivity index (χ0) is 16.5. The van der Waals surface area contributed by atoms with Gasteiger partial charge in [0.05, 0.1) is 18.3 Å². The van der Waals surface area contributed by atoms with Gasteiger partial charge in [0, 0.05) is 11.0 Å². The van der Waals surface area contributed by atoms with Gasteiger partial charge in [-0.05, 0) is 54.5 Å². The highest BCUT2D eigenvalue weighted by Crippen LogP contribution is 2.16. The Morgan fingerprint density at radius 2 is 2.09 bits per heavy atom. The topological polar surface area (TPSA) is 77.5 Å². The smallest absolute Gasteiger partial charge is 0.320 e. The average molecular weight is 373 g/mol. The molecule has 3 N–H and O–H groups in total. The predicted octanol–water partition coefficient (Wildman–Crippen LogP) is 2.37. The molecule has 0 bridgehead atoms. The molecule has 124 valence electrons. The number of rotatable bonds is 8. The number of aliphatic hydroxyl groups excluding tert-OH is 1. The number of nitrogens with zero attached hydrogens (tertiary/aromatic N) is 2. The van der Waals surface area contributed by atoms with Crippen molar-refractivity contribution in [1.82, 2.24) is 15.2 Å². The Balaban J connectivity index is 2.48. The molecule has 0 radical (unpaired) electrons. The van der Waals surface area contributed by atoms with Gasteiger partial charge in [-0.15, -0.1) is 0 Å². The second-order valence-corrected chi connectivity index (χ2v) is 5.91. The molecule has 0 aliphatic rings. The zero-order valence-corrected chi connectivity index (χ0v) is 15.0. The summed E-state index contributed by atoms with van der Waals surface area (Å²) in [5.74, 6) is 0.485. The molecule has 0 aromatic carbocycles. The molecule has 1 aromatic heterocycles. The lowest BCUT2D eigenvalue weighted by atomic mass is 10.2. The van der Waals surface area contributed by atoms with E-state index in [0.717, 1.165) is 29.8 Å². The molecule has 1 rings (SSSR count). The van der Waals surface area contributed by atoms with E-state index < -0.39 is 0 Å². The van der Waals surface area contributed by atoms with Crippen LogP contribution in [0.15, 0.2) is 16.6 Å². The number of carbonyl (C=O) groups excluding carboxylic acids is 1.